The van der Waals surface area contributed by atoms with Crippen molar-refractivity contribution in [2.24, 2.45) is 0 Å². The largest absolute Gasteiger partial charge is 0.427 e. The Morgan fingerprint density at radius 1 is 1.10 bits per heavy atom. The molecule has 0 radical (unpaired) electrons. The second-order valence-corrected chi connectivity index (χ2v) is 4.55. The summed E-state index contributed by atoms with van der Waals surface area (Å²) in [5.74, 6) is -0.0140. The van der Waals surface area contributed by atoms with Gasteiger partial charge in [-0.05, 0) is 23.8 Å². The number of hydrogen-bond acceptors (Lipinski definition) is 4. The minimum Gasteiger partial charge on any atom is -0.427 e. The van der Waals surface area contributed by atoms with Crippen LogP contribution in [0.15, 0.2) is 48.5 Å². The first-order valence-corrected chi connectivity index (χ1v) is 6.24. The van der Waals surface area contributed by atoms with Crippen molar-refractivity contribution in [2.45, 2.75) is 12.8 Å². The molecule has 2 aromatic carbocycles. The predicted molar refractivity (Wildman–Crippen MR) is 71.7 cm³/mol. The molecule has 1 heterocycles. The summed E-state index contributed by atoms with van der Waals surface area (Å²) in [5.41, 5.74) is 1.67. The van der Waals surface area contributed by atoms with E-state index in [4.69, 9.17) is 9.47 Å². The molecule has 1 unspecified atom stereocenters. The number of benzene rings is 2. The van der Waals surface area contributed by atoms with Crippen LogP contribution in [0.5, 0.6) is 11.5 Å². The number of rotatable bonds is 2. The van der Waals surface area contributed by atoms with E-state index in [9.17, 15) is 9.59 Å². The maximum Gasteiger partial charge on any atom is 0.323 e. The van der Waals surface area contributed by atoms with Crippen molar-refractivity contribution >= 4 is 11.9 Å². The number of esters is 2. The Morgan fingerprint density at radius 3 is 2.50 bits per heavy atom. The van der Waals surface area contributed by atoms with Crippen molar-refractivity contribution in [3.05, 3.63) is 59.7 Å². The lowest BCUT2D eigenvalue weighted by atomic mass is 9.93. The van der Waals surface area contributed by atoms with Gasteiger partial charge in [0.1, 0.15) is 17.4 Å². The highest BCUT2D eigenvalue weighted by Crippen LogP contribution is 2.39. The minimum absolute atomic E-state index is 0.286. The Labute approximate surface area is 115 Å². The molecule has 0 amide bonds. The molecule has 1 atom stereocenters. The molecule has 1 aliphatic rings. The Balaban J connectivity index is 1.93. The van der Waals surface area contributed by atoms with Crippen LogP contribution in [0.25, 0.3) is 0 Å². The van der Waals surface area contributed by atoms with Crippen LogP contribution in [-0.4, -0.2) is 11.9 Å². The summed E-state index contributed by atoms with van der Waals surface area (Å²) in [6.45, 7) is 1.35. The van der Waals surface area contributed by atoms with E-state index < -0.39 is 5.92 Å². The van der Waals surface area contributed by atoms with Gasteiger partial charge in [-0.3, -0.25) is 9.59 Å². The van der Waals surface area contributed by atoms with Crippen molar-refractivity contribution in [1.82, 2.24) is 0 Å². The van der Waals surface area contributed by atoms with E-state index in [1.165, 1.54) is 6.92 Å². The lowest BCUT2D eigenvalue weighted by molar-refractivity contribution is -0.133. The zero-order valence-electron chi connectivity index (χ0n) is 10.8. The summed E-state index contributed by atoms with van der Waals surface area (Å²) in [6.07, 6.45) is 0. The fraction of sp³-hybridized carbons (Fsp3) is 0.125. The van der Waals surface area contributed by atoms with Gasteiger partial charge in [-0.15, -0.1) is 0 Å². The molecule has 3 rings (SSSR count). The summed E-state index contributed by atoms with van der Waals surface area (Å²) < 4.78 is 10.2. The third-order valence-corrected chi connectivity index (χ3v) is 3.15. The van der Waals surface area contributed by atoms with E-state index in [0.717, 1.165) is 11.1 Å². The quantitative estimate of drug-likeness (QED) is 0.620. The number of para-hydroxylation sites is 1. The van der Waals surface area contributed by atoms with E-state index in [1.54, 1.807) is 30.3 Å². The van der Waals surface area contributed by atoms with Gasteiger partial charge in [-0.25, -0.2) is 0 Å². The van der Waals surface area contributed by atoms with Crippen LogP contribution in [0, 0.1) is 0 Å². The molecule has 0 aromatic heterocycles. The molecule has 2 aromatic rings. The predicted octanol–water partition coefficient (Wildman–Crippen LogP) is 2.66. The van der Waals surface area contributed by atoms with Gasteiger partial charge in [-0.1, -0.05) is 30.3 Å². The summed E-state index contributed by atoms with van der Waals surface area (Å²) >= 11 is 0. The zero-order chi connectivity index (χ0) is 14.1. The molecule has 100 valence electrons. The maximum absolute atomic E-state index is 12.0. The van der Waals surface area contributed by atoms with Gasteiger partial charge >= 0.3 is 11.9 Å². The minimum atomic E-state index is -0.419. The summed E-state index contributed by atoms with van der Waals surface area (Å²) in [6, 6.07) is 14.2. The molecule has 0 saturated heterocycles. The molecule has 0 saturated carbocycles. The van der Waals surface area contributed by atoms with Crippen LogP contribution in [0.3, 0.4) is 0 Å². The third kappa shape index (κ3) is 2.16. The lowest BCUT2D eigenvalue weighted by Gasteiger charge is -2.08. The molecule has 0 spiro atoms. The third-order valence-electron chi connectivity index (χ3n) is 3.15. The Hall–Kier alpha value is -2.62. The van der Waals surface area contributed by atoms with E-state index >= 15 is 0 Å². The lowest BCUT2D eigenvalue weighted by Crippen LogP contribution is -2.11. The van der Waals surface area contributed by atoms with E-state index in [0.29, 0.717) is 11.5 Å². The van der Waals surface area contributed by atoms with Gasteiger partial charge in [0.2, 0.25) is 0 Å². The van der Waals surface area contributed by atoms with Gasteiger partial charge in [0.15, 0.2) is 0 Å². The Kier molecular flexibility index (Phi) is 2.99. The summed E-state index contributed by atoms with van der Waals surface area (Å²) in [4.78, 5) is 22.9. The van der Waals surface area contributed by atoms with E-state index in [-0.39, 0.29) is 11.9 Å². The normalized spacial score (nSPS) is 16.4. The first-order valence-electron chi connectivity index (χ1n) is 6.24. The first-order chi connectivity index (χ1) is 9.65. The van der Waals surface area contributed by atoms with Gasteiger partial charge in [-0.2, -0.15) is 0 Å². The van der Waals surface area contributed by atoms with Crippen molar-refractivity contribution in [3.63, 3.8) is 0 Å². The number of fused-ring (bicyclic) bond motifs is 1. The molecule has 0 fully saturated rings. The molecular weight excluding hydrogens is 256 g/mol. The highest BCUT2D eigenvalue weighted by atomic mass is 16.5. The van der Waals surface area contributed by atoms with Gasteiger partial charge in [0, 0.05) is 12.5 Å². The number of carbonyl (C=O) groups excluding carboxylic acids is 2. The van der Waals surface area contributed by atoms with Crippen LogP contribution in [0.1, 0.15) is 24.0 Å². The average Bonchev–Trinajstić information content (AvgIpc) is 2.75. The van der Waals surface area contributed by atoms with E-state index in [1.807, 2.05) is 18.2 Å². The van der Waals surface area contributed by atoms with Crippen LogP contribution in [0.4, 0.5) is 0 Å². The van der Waals surface area contributed by atoms with Crippen molar-refractivity contribution in [3.8, 4) is 11.5 Å². The van der Waals surface area contributed by atoms with Crippen LogP contribution in [-0.2, 0) is 9.59 Å². The summed E-state index contributed by atoms with van der Waals surface area (Å²) in [5, 5.41) is 0. The summed E-state index contributed by atoms with van der Waals surface area (Å²) in [7, 11) is 0. The van der Waals surface area contributed by atoms with Gasteiger partial charge in [0.05, 0.1) is 0 Å². The van der Waals surface area contributed by atoms with E-state index in [2.05, 4.69) is 0 Å². The van der Waals surface area contributed by atoms with Crippen LogP contribution in [0.2, 0.25) is 0 Å². The number of ether oxygens (including phenoxy) is 2. The maximum atomic E-state index is 12.0. The van der Waals surface area contributed by atoms with Gasteiger partial charge in [0.25, 0.3) is 0 Å². The first kappa shape index (κ1) is 12.4. The monoisotopic (exact) mass is 268 g/mol. The highest BCUT2D eigenvalue weighted by Gasteiger charge is 2.33. The Bertz CT molecular complexity index is 673. The SMILES string of the molecule is CC(=O)Oc1ccc(C2C(=O)Oc3ccccc32)cc1. The molecule has 0 aliphatic carbocycles. The smallest absolute Gasteiger partial charge is 0.323 e. The molecule has 0 N–H and O–H groups in total. The number of hydrogen-bond donors (Lipinski definition) is 0. The fourth-order valence-electron chi connectivity index (χ4n) is 2.32. The fourth-order valence-corrected chi connectivity index (χ4v) is 2.32. The Morgan fingerprint density at radius 2 is 1.80 bits per heavy atom. The molecule has 1 aliphatic heterocycles. The van der Waals surface area contributed by atoms with Crippen molar-refractivity contribution in [1.29, 1.82) is 0 Å². The molecule has 4 nitrogen and oxygen atoms in total. The molecular formula is C16H12O4. The van der Waals surface area contributed by atoms with Crippen molar-refractivity contribution < 1.29 is 19.1 Å². The topological polar surface area (TPSA) is 52.6 Å². The molecule has 4 heteroatoms. The number of carbonyl (C=O) groups is 2. The average molecular weight is 268 g/mol. The second-order valence-electron chi connectivity index (χ2n) is 4.55. The molecule has 0 bridgehead atoms. The van der Waals surface area contributed by atoms with Crippen LogP contribution < -0.4 is 9.47 Å². The zero-order valence-corrected chi connectivity index (χ0v) is 10.8. The second kappa shape index (κ2) is 4.81. The van der Waals surface area contributed by atoms with Gasteiger partial charge < -0.3 is 9.47 Å². The van der Waals surface area contributed by atoms with Crippen molar-refractivity contribution in [2.75, 3.05) is 0 Å². The van der Waals surface area contributed by atoms with Crippen LogP contribution >= 0.6 is 0 Å². The highest BCUT2D eigenvalue weighted by molar-refractivity contribution is 5.89. The standard InChI is InChI=1S/C16H12O4/c1-10(17)19-12-8-6-11(7-9-12)15-13-4-2-3-5-14(13)20-16(15)18/h2-9,15H,1H3. The molecule has 20 heavy (non-hydrogen) atoms.